The van der Waals surface area contributed by atoms with E-state index >= 15 is 0 Å². The highest BCUT2D eigenvalue weighted by Crippen LogP contribution is 2.32. The summed E-state index contributed by atoms with van der Waals surface area (Å²) in [6, 6.07) is 7.86. The maximum atomic E-state index is 12.4. The minimum absolute atomic E-state index is 0.00957. The van der Waals surface area contributed by atoms with E-state index in [1.807, 2.05) is 50.6 Å². The van der Waals surface area contributed by atoms with E-state index < -0.39 is 5.97 Å². The van der Waals surface area contributed by atoms with Crippen molar-refractivity contribution in [3.63, 3.8) is 0 Å². The number of carbonyl (C=O) groups is 1. The average Bonchev–Trinajstić information content (AvgIpc) is 2.99. The van der Waals surface area contributed by atoms with Crippen LogP contribution in [0.15, 0.2) is 41.8 Å². The number of carbonyl (C=O) groups excluding carboxylic acids is 1. The summed E-state index contributed by atoms with van der Waals surface area (Å²) in [5.41, 5.74) is 2.61. The Balaban J connectivity index is 2.24. The summed E-state index contributed by atoms with van der Waals surface area (Å²) in [5, 5.41) is 1.54. The van der Waals surface area contributed by atoms with Crippen molar-refractivity contribution in [3.8, 4) is 11.3 Å². The van der Waals surface area contributed by atoms with Gasteiger partial charge in [0.1, 0.15) is 11.7 Å². The van der Waals surface area contributed by atoms with Crippen molar-refractivity contribution in [1.29, 1.82) is 0 Å². The van der Waals surface area contributed by atoms with E-state index in [1.54, 1.807) is 11.7 Å². The van der Waals surface area contributed by atoms with Gasteiger partial charge in [-0.3, -0.25) is 0 Å². The predicted molar refractivity (Wildman–Crippen MR) is 102 cm³/mol. The summed E-state index contributed by atoms with van der Waals surface area (Å²) >= 11 is 1.42. The summed E-state index contributed by atoms with van der Waals surface area (Å²) in [6.45, 7) is 6.00. The Hall–Kier alpha value is -2.54. The number of hydrogen-bond acceptors (Lipinski definition) is 6. The Labute approximate surface area is 156 Å². The molecule has 3 aromatic rings. The van der Waals surface area contributed by atoms with Gasteiger partial charge in [0.05, 0.1) is 24.0 Å². The van der Waals surface area contributed by atoms with E-state index in [4.69, 9.17) is 9.57 Å². The third-order valence-electron chi connectivity index (χ3n) is 3.70. The molecule has 0 bridgehead atoms. The third kappa shape index (κ3) is 3.53. The highest BCUT2D eigenvalue weighted by atomic mass is 32.2. The molecule has 0 saturated heterocycles. The topological polar surface area (TPSA) is 66.2 Å². The number of rotatable bonds is 6. The molecule has 0 aliphatic rings. The second kappa shape index (κ2) is 7.78. The molecule has 0 spiro atoms. The minimum Gasteiger partial charge on any atom is -0.462 e. The number of nitrogens with zero attached hydrogens (tertiary/aromatic N) is 3. The van der Waals surface area contributed by atoms with E-state index in [-0.39, 0.29) is 6.10 Å². The van der Waals surface area contributed by atoms with Crippen LogP contribution in [0.5, 0.6) is 0 Å². The van der Waals surface area contributed by atoms with Gasteiger partial charge in [0.2, 0.25) is 0 Å². The summed E-state index contributed by atoms with van der Waals surface area (Å²) in [5.74, 6) is -0.434. The monoisotopic (exact) mass is 371 g/mol. The molecule has 136 valence electrons. The molecule has 0 saturated carbocycles. The van der Waals surface area contributed by atoms with E-state index in [0.29, 0.717) is 23.0 Å². The van der Waals surface area contributed by atoms with E-state index in [1.165, 1.54) is 18.0 Å². The smallest absolute Gasteiger partial charge is 0.341 e. The molecule has 3 rings (SSSR count). The standard InChI is InChI=1S/C19H21N3O3S/c1-5-24-18(23)14-10-20-19(26-4)21-17(14)15-11-22(25-12(2)3)16-9-7-6-8-13(15)16/h6-12H,5H2,1-4H3. The first-order chi connectivity index (χ1) is 12.5. The van der Waals surface area contributed by atoms with Gasteiger partial charge in [-0.05, 0) is 33.1 Å². The molecule has 0 fully saturated rings. The second-order valence-electron chi connectivity index (χ2n) is 5.88. The van der Waals surface area contributed by atoms with Gasteiger partial charge < -0.3 is 9.57 Å². The summed E-state index contributed by atoms with van der Waals surface area (Å²) in [7, 11) is 0. The van der Waals surface area contributed by atoms with Crippen molar-refractivity contribution in [2.24, 2.45) is 0 Å². The maximum absolute atomic E-state index is 12.4. The molecule has 0 unspecified atom stereocenters. The molecule has 6 nitrogen and oxygen atoms in total. The zero-order valence-electron chi connectivity index (χ0n) is 15.2. The number of fused-ring (bicyclic) bond motifs is 1. The molecular formula is C19H21N3O3S. The number of para-hydroxylation sites is 1. The second-order valence-corrected chi connectivity index (χ2v) is 6.65. The molecular weight excluding hydrogens is 350 g/mol. The van der Waals surface area contributed by atoms with Crippen LogP contribution in [0, 0.1) is 0 Å². The third-order valence-corrected chi connectivity index (χ3v) is 4.26. The van der Waals surface area contributed by atoms with Gasteiger partial charge in [-0.2, -0.15) is 4.73 Å². The molecule has 0 aliphatic heterocycles. The van der Waals surface area contributed by atoms with Crippen LogP contribution in [-0.2, 0) is 4.74 Å². The maximum Gasteiger partial charge on any atom is 0.341 e. The molecule has 2 heterocycles. The predicted octanol–water partition coefficient (Wildman–Crippen LogP) is 3.83. The van der Waals surface area contributed by atoms with Crippen LogP contribution in [0.25, 0.3) is 22.2 Å². The van der Waals surface area contributed by atoms with Gasteiger partial charge in [0, 0.05) is 17.1 Å². The molecule has 7 heteroatoms. The largest absolute Gasteiger partial charge is 0.462 e. The molecule has 0 aliphatic carbocycles. The van der Waals surface area contributed by atoms with Crippen LogP contribution >= 0.6 is 11.8 Å². The first kappa shape index (κ1) is 18.3. The number of esters is 1. The fourth-order valence-corrected chi connectivity index (χ4v) is 3.02. The van der Waals surface area contributed by atoms with Crippen LogP contribution in [0.2, 0.25) is 0 Å². The van der Waals surface area contributed by atoms with Crippen molar-refractivity contribution < 1.29 is 14.4 Å². The van der Waals surface area contributed by atoms with Crippen molar-refractivity contribution in [2.45, 2.75) is 32.0 Å². The summed E-state index contributed by atoms with van der Waals surface area (Å²) in [6.07, 6.45) is 5.30. The quantitative estimate of drug-likeness (QED) is 0.373. The molecule has 1 aromatic carbocycles. The van der Waals surface area contributed by atoms with Gasteiger partial charge in [0.25, 0.3) is 0 Å². The Morgan fingerprint density at radius 1 is 1.31 bits per heavy atom. The minimum atomic E-state index is -0.434. The Morgan fingerprint density at radius 2 is 2.08 bits per heavy atom. The van der Waals surface area contributed by atoms with Crippen LogP contribution in [0.4, 0.5) is 0 Å². The first-order valence-electron chi connectivity index (χ1n) is 8.40. The summed E-state index contributed by atoms with van der Waals surface area (Å²) in [4.78, 5) is 27.1. The van der Waals surface area contributed by atoms with E-state index in [0.717, 1.165) is 16.5 Å². The van der Waals surface area contributed by atoms with Crippen LogP contribution < -0.4 is 4.84 Å². The molecule has 0 radical (unpaired) electrons. The number of hydrogen-bond donors (Lipinski definition) is 0. The van der Waals surface area contributed by atoms with E-state index in [2.05, 4.69) is 9.97 Å². The highest BCUT2D eigenvalue weighted by Gasteiger charge is 2.21. The van der Waals surface area contributed by atoms with Crippen molar-refractivity contribution in [2.75, 3.05) is 12.9 Å². The fraction of sp³-hybridized carbons (Fsp3) is 0.316. The number of thioether (sulfide) groups is 1. The van der Waals surface area contributed by atoms with Crippen molar-refractivity contribution in [3.05, 3.63) is 42.2 Å². The Morgan fingerprint density at radius 3 is 2.77 bits per heavy atom. The zero-order valence-corrected chi connectivity index (χ0v) is 16.0. The molecule has 0 atom stereocenters. The number of ether oxygens (including phenoxy) is 1. The summed E-state index contributed by atoms with van der Waals surface area (Å²) < 4.78 is 6.91. The van der Waals surface area contributed by atoms with Crippen LogP contribution in [0.1, 0.15) is 31.1 Å². The molecule has 2 aromatic heterocycles. The van der Waals surface area contributed by atoms with Crippen LogP contribution in [-0.4, -0.2) is 39.6 Å². The Bertz CT molecular complexity index is 937. The normalized spacial score (nSPS) is 11.1. The van der Waals surface area contributed by atoms with E-state index in [9.17, 15) is 4.79 Å². The van der Waals surface area contributed by atoms with Crippen molar-refractivity contribution >= 4 is 28.6 Å². The van der Waals surface area contributed by atoms with Crippen molar-refractivity contribution in [1.82, 2.24) is 14.7 Å². The molecule has 26 heavy (non-hydrogen) atoms. The lowest BCUT2D eigenvalue weighted by Crippen LogP contribution is -2.17. The van der Waals surface area contributed by atoms with Crippen LogP contribution in [0.3, 0.4) is 0 Å². The van der Waals surface area contributed by atoms with Gasteiger partial charge in [-0.1, -0.05) is 30.0 Å². The number of benzene rings is 1. The Kier molecular flexibility index (Phi) is 5.46. The lowest BCUT2D eigenvalue weighted by atomic mass is 10.1. The number of aromatic nitrogens is 3. The average molecular weight is 371 g/mol. The highest BCUT2D eigenvalue weighted by molar-refractivity contribution is 7.98. The first-order valence-corrected chi connectivity index (χ1v) is 9.63. The molecule has 0 amide bonds. The van der Waals surface area contributed by atoms with Gasteiger partial charge in [0.15, 0.2) is 5.16 Å². The van der Waals surface area contributed by atoms with Gasteiger partial charge >= 0.3 is 5.97 Å². The fourth-order valence-electron chi connectivity index (χ4n) is 2.68. The zero-order chi connectivity index (χ0) is 18.7. The molecule has 0 N–H and O–H groups in total. The lowest BCUT2D eigenvalue weighted by molar-refractivity contribution is 0.0526. The van der Waals surface area contributed by atoms with Gasteiger partial charge in [-0.15, -0.1) is 0 Å². The lowest BCUT2D eigenvalue weighted by Gasteiger charge is -2.11. The van der Waals surface area contributed by atoms with Gasteiger partial charge in [-0.25, -0.2) is 14.8 Å². The SMILES string of the molecule is CCOC(=O)c1cnc(SC)nc1-c1cn(OC(C)C)c2ccccc12.